The third-order valence-corrected chi connectivity index (χ3v) is 4.66. The first-order valence-corrected chi connectivity index (χ1v) is 8.54. The number of hydrogen-bond acceptors (Lipinski definition) is 3. The van der Waals surface area contributed by atoms with E-state index in [1.807, 2.05) is 0 Å². The van der Waals surface area contributed by atoms with Crippen LogP contribution in [-0.4, -0.2) is 37.3 Å². The quantitative estimate of drug-likeness (QED) is 0.793. The van der Waals surface area contributed by atoms with Gasteiger partial charge in [-0.15, -0.1) is 25.6 Å². The van der Waals surface area contributed by atoms with Gasteiger partial charge in [-0.3, -0.25) is 4.79 Å². The van der Waals surface area contributed by atoms with Crippen LogP contribution in [-0.2, 0) is 11.3 Å². The van der Waals surface area contributed by atoms with E-state index in [0.29, 0.717) is 23.8 Å². The first kappa shape index (κ1) is 22.6. The number of nitrogens with one attached hydrogen (secondary N) is 1. The van der Waals surface area contributed by atoms with E-state index in [-0.39, 0.29) is 30.6 Å². The van der Waals surface area contributed by atoms with Crippen molar-refractivity contribution >= 4 is 18.3 Å². The Morgan fingerprint density at radius 1 is 1.35 bits per heavy atom. The van der Waals surface area contributed by atoms with Crippen LogP contribution in [0.1, 0.15) is 31.7 Å². The van der Waals surface area contributed by atoms with Gasteiger partial charge in [0.05, 0.1) is 0 Å². The number of carbonyl (C=O) groups excluding carboxylic acids is 1. The van der Waals surface area contributed by atoms with Gasteiger partial charge in [0.1, 0.15) is 5.75 Å². The normalized spacial score (nSPS) is 16.5. The maximum atomic E-state index is 12.4. The third-order valence-electron chi connectivity index (χ3n) is 4.66. The lowest BCUT2D eigenvalue weighted by molar-refractivity contribution is -0.274. The Hall–Kier alpha value is -1.47. The van der Waals surface area contributed by atoms with Crippen molar-refractivity contribution in [1.82, 2.24) is 10.2 Å². The highest BCUT2D eigenvalue weighted by Gasteiger charge is 2.31. The average molecular weight is 395 g/mol. The predicted octanol–water partition coefficient (Wildman–Crippen LogP) is 3.99. The number of amides is 1. The standard InChI is InChI=1S/C18H25F3N2O2.ClH/c1-13(15-6-8-22-9-7-15)10-17(24)23(2)12-14-4-3-5-16(11-14)25-18(19,20)21;/h3-5,11,13,15,22H,6-10,12H2,1-2H3;1H. The van der Waals surface area contributed by atoms with Crippen LogP contribution < -0.4 is 10.1 Å². The van der Waals surface area contributed by atoms with E-state index in [2.05, 4.69) is 17.0 Å². The van der Waals surface area contributed by atoms with Crippen molar-refractivity contribution in [3.05, 3.63) is 29.8 Å². The van der Waals surface area contributed by atoms with Crippen LogP contribution in [0.3, 0.4) is 0 Å². The van der Waals surface area contributed by atoms with Gasteiger partial charge in [-0.2, -0.15) is 0 Å². The highest BCUT2D eigenvalue weighted by molar-refractivity contribution is 5.85. The van der Waals surface area contributed by atoms with E-state index in [1.165, 1.54) is 18.2 Å². The number of ether oxygens (including phenoxy) is 1. The summed E-state index contributed by atoms with van der Waals surface area (Å²) in [5, 5.41) is 3.31. The second-order valence-electron chi connectivity index (χ2n) is 6.71. The molecule has 0 saturated carbocycles. The third kappa shape index (κ3) is 7.41. The monoisotopic (exact) mass is 394 g/mol. The highest BCUT2D eigenvalue weighted by Crippen LogP contribution is 2.26. The highest BCUT2D eigenvalue weighted by atomic mass is 35.5. The van der Waals surface area contributed by atoms with Crippen LogP contribution in [0.25, 0.3) is 0 Å². The Bertz CT molecular complexity index is 578. The molecule has 0 aromatic heterocycles. The van der Waals surface area contributed by atoms with Gasteiger partial charge in [-0.1, -0.05) is 19.1 Å². The number of alkyl halides is 3. The minimum absolute atomic E-state index is 0. The molecule has 26 heavy (non-hydrogen) atoms. The summed E-state index contributed by atoms with van der Waals surface area (Å²) in [6.07, 6.45) is -2.10. The van der Waals surface area contributed by atoms with Crippen LogP contribution in [0.15, 0.2) is 24.3 Å². The molecule has 1 aromatic carbocycles. The van der Waals surface area contributed by atoms with Crippen LogP contribution in [0.2, 0.25) is 0 Å². The molecule has 4 nitrogen and oxygen atoms in total. The molecular weight excluding hydrogens is 369 g/mol. The molecular formula is C18H26ClF3N2O2. The van der Waals surface area contributed by atoms with E-state index >= 15 is 0 Å². The molecule has 1 heterocycles. The Morgan fingerprint density at radius 3 is 2.62 bits per heavy atom. The Kier molecular flexibility index (Phi) is 8.70. The van der Waals surface area contributed by atoms with Crippen molar-refractivity contribution in [2.75, 3.05) is 20.1 Å². The molecule has 0 spiro atoms. The molecule has 1 fully saturated rings. The molecule has 148 valence electrons. The number of carbonyl (C=O) groups is 1. The van der Waals surface area contributed by atoms with E-state index < -0.39 is 6.36 Å². The number of nitrogens with zero attached hydrogens (tertiary/aromatic N) is 1. The van der Waals surface area contributed by atoms with Crippen molar-refractivity contribution in [1.29, 1.82) is 0 Å². The molecule has 0 aliphatic carbocycles. The summed E-state index contributed by atoms with van der Waals surface area (Å²) >= 11 is 0. The molecule has 2 rings (SSSR count). The number of piperidine rings is 1. The van der Waals surface area contributed by atoms with E-state index in [4.69, 9.17) is 0 Å². The average Bonchev–Trinajstić information content (AvgIpc) is 2.54. The summed E-state index contributed by atoms with van der Waals surface area (Å²) < 4.78 is 40.8. The maximum absolute atomic E-state index is 12.4. The van der Waals surface area contributed by atoms with Crippen LogP contribution in [0.5, 0.6) is 5.75 Å². The van der Waals surface area contributed by atoms with Crippen molar-refractivity contribution in [3.8, 4) is 5.75 Å². The Balaban J connectivity index is 0.00000338. The topological polar surface area (TPSA) is 41.6 Å². The Morgan fingerprint density at radius 2 is 2.00 bits per heavy atom. The molecule has 0 radical (unpaired) electrons. The molecule has 1 aliphatic heterocycles. The van der Waals surface area contributed by atoms with Gasteiger partial charge >= 0.3 is 6.36 Å². The zero-order valence-electron chi connectivity index (χ0n) is 15.0. The maximum Gasteiger partial charge on any atom is 0.573 e. The van der Waals surface area contributed by atoms with Gasteiger partial charge in [0.25, 0.3) is 0 Å². The summed E-state index contributed by atoms with van der Waals surface area (Å²) in [5.41, 5.74) is 0.604. The minimum atomic E-state index is -4.72. The number of benzene rings is 1. The number of rotatable bonds is 6. The fourth-order valence-electron chi connectivity index (χ4n) is 3.21. The van der Waals surface area contributed by atoms with Crippen LogP contribution >= 0.6 is 12.4 Å². The van der Waals surface area contributed by atoms with Gasteiger partial charge in [0.15, 0.2) is 0 Å². The molecule has 1 aliphatic rings. The SMILES string of the molecule is CC(CC(=O)N(C)Cc1cccc(OC(F)(F)F)c1)C1CCNCC1.Cl. The largest absolute Gasteiger partial charge is 0.573 e. The zero-order valence-corrected chi connectivity index (χ0v) is 15.8. The molecule has 1 aromatic rings. The summed E-state index contributed by atoms with van der Waals surface area (Å²) in [6.45, 7) is 4.34. The van der Waals surface area contributed by atoms with Gasteiger partial charge in [0, 0.05) is 20.0 Å². The van der Waals surface area contributed by atoms with Gasteiger partial charge in [-0.25, -0.2) is 0 Å². The van der Waals surface area contributed by atoms with Gasteiger partial charge < -0.3 is 15.0 Å². The lowest BCUT2D eigenvalue weighted by atomic mass is 9.84. The first-order chi connectivity index (χ1) is 11.7. The van der Waals surface area contributed by atoms with E-state index in [9.17, 15) is 18.0 Å². The molecule has 0 bridgehead atoms. The molecule has 1 N–H and O–H groups in total. The van der Waals surface area contributed by atoms with E-state index in [0.717, 1.165) is 25.9 Å². The molecule has 1 unspecified atom stereocenters. The second kappa shape index (κ2) is 10.0. The zero-order chi connectivity index (χ0) is 18.4. The van der Waals surface area contributed by atoms with Crippen LogP contribution in [0.4, 0.5) is 13.2 Å². The summed E-state index contributed by atoms with van der Waals surface area (Å²) in [7, 11) is 1.68. The molecule has 1 atom stereocenters. The van der Waals surface area contributed by atoms with Crippen molar-refractivity contribution in [2.45, 2.75) is 39.1 Å². The molecule has 1 saturated heterocycles. The first-order valence-electron chi connectivity index (χ1n) is 8.54. The minimum Gasteiger partial charge on any atom is -0.406 e. The predicted molar refractivity (Wildman–Crippen MR) is 96.2 cm³/mol. The molecule has 8 heteroatoms. The van der Waals surface area contributed by atoms with Crippen LogP contribution in [0, 0.1) is 11.8 Å². The summed E-state index contributed by atoms with van der Waals surface area (Å²) in [4.78, 5) is 14.0. The van der Waals surface area contributed by atoms with Crippen molar-refractivity contribution in [3.63, 3.8) is 0 Å². The lowest BCUT2D eigenvalue weighted by Gasteiger charge is -2.29. The summed E-state index contributed by atoms with van der Waals surface area (Å²) in [6, 6.07) is 5.74. The Labute approximate surface area is 158 Å². The van der Waals surface area contributed by atoms with Gasteiger partial charge in [0.2, 0.25) is 5.91 Å². The smallest absolute Gasteiger partial charge is 0.406 e. The molecule has 1 amide bonds. The summed E-state index contributed by atoms with van der Waals surface area (Å²) in [5.74, 6) is 0.584. The van der Waals surface area contributed by atoms with E-state index in [1.54, 1.807) is 18.0 Å². The van der Waals surface area contributed by atoms with Crippen molar-refractivity contribution < 1.29 is 22.7 Å². The number of hydrogen-bond donors (Lipinski definition) is 1. The van der Waals surface area contributed by atoms with Crippen molar-refractivity contribution in [2.24, 2.45) is 11.8 Å². The van der Waals surface area contributed by atoms with Gasteiger partial charge in [-0.05, 0) is 55.5 Å². The second-order valence-corrected chi connectivity index (χ2v) is 6.71. The number of halogens is 4. The fourth-order valence-corrected chi connectivity index (χ4v) is 3.21. The lowest BCUT2D eigenvalue weighted by Crippen LogP contribution is -2.34. The fraction of sp³-hybridized carbons (Fsp3) is 0.611.